The number of aliphatic carboxylic acids is 2. The number of hydrogen-bond donors (Lipinski definition) is 5. The second kappa shape index (κ2) is 14.2. The molecule has 0 aliphatic carbocycles. The number of allylic oxidation sites excluding steroid dienone is 1. The number of benzene rings is 1. The number of carbonyl (C=O) groups excluding carboxylic acids is 2. The van der Waals surface area contributed by atoms with Crippen LogP contribution in [0.25, 0.3) is 6.08 Å². The van der Waals surface area contributed by atoms with E-state index in [0.717, 1.165) is 30.0 Å². The Hall–Kier alpha value is -4.81. The summed E-state index contributed by atoms with van der Waals surface area (Å²) in [5, 5.41) is 47.1. The lowest BCUT2D eigenvalue weighted by Crippen LogP contribution is -2.55. The summed E-state index contributed by atoms with van der Waals surface area (Å²) >= 11 is 2.31. The largest absolute Gasteiger partial charge is 0.480 e. The van der Waals surface area contributed by atoms with Crippen molar-refractivity contribution in [3.8, 4) is 0 Å². The van der Waals surface area contributed by atoms with E-state index in [1.165, 1.54) is 23.5 Å². The lowest BCUT2D eigenvalue weighted by molar-refractivity contribution is -0.394. The van der Waals surface area contributed by atoms with Crippen molar-refractivity contribution in [2.45, 2.75) is 23.9 Å². The Morgan fingerprint density at radius 1 is 1.17 bits per heavy atom. The number of rotatable bonds is 13. The molecule has 222 valence electrons. The first-order valence-corrected chi connectivity index (χ1v) is 13.7. The molecule has 0 saturated carbocycles. The summed E-state index contributed by atoms with van der Waals surface area (Å²) in [5.41, 5.74) is 4.09. The Balaban J connectivity index is 1.87. The van der Waals surface area contributed by atoms with Crippen LogP contribution in [-0.4, -0.2) is 73.7 Å². The van der Waals surface area contributed by atoms with Gasteiger partial charge in [-0.3, -0.25) is 29.8 Å². The maximum Gasteiger partial charge on any atom is 0.352 e. The predicted molar refractivity (Wildman–Crippen MR) is 149 cm³/mol. The van der Waals surface area contributed by atoms with Crippen molar-refractivity contribution in [1.29, 1.82) is 0 Å². The van der Waals surface area contributed by atoms with Crippen molar-refractivity contribution in [3.05, 3.63) is 83.7 Å². The van der Waals surface area contributed by atoms with Crippen molar-refractivity contribution < 1.29 is 44.0 Å². The molecule has 0 saturated heterocycles. The SMILES string of the molecule is NC(COC(=O)C(NC(=O)Cc1cccs1)C1NC(C(=O)O)=C(C=Cc2ccc([N+](=O)[O-])cc2[N+](=O)[O-])CS1)C(=O)O. The van der Waals surface area contributed by atoms with E-state index in [1.807, 2.05) is 0 Å². The summed E-state index contributed by atoms with van der Waals surface area (Å²) in [7, 11) is 0. The van der Waals surface area contributed by atoms with Crippen molar-refractivity contribution in [1.82, 2.24) is 10.6 Å². The zero-order chi connectivity index (χ0) is 31.0. The van der Waals surface area contributed by atoms with E-state index >= 15 is 0 Å². The number of amides is 1. The molecule has 0 fully saturated rings. The number of carboxylic acids is 2. The highest BCUT2D eigenvalue weighted by Gasteiger charge is 2.37. The van der Waals surface area contributed by atoms with Crippen LogP contribution < -0.4 is 16.4 Å². The summed E-state index contributed by atoms with van der Waals surface area (Å²) in [4.78, 5) is 70.3. The van der Waals surface area contributed by atoms with Gasteiger partial charge in [-0.05, 0) is 29.2 Å². The predicted octanol–water partition coefficient (Wildman–Crippen LogP) is 1.26. The van der Waals surface area contributed by atoms with Crippen LogP contribution >= 0.6 is 23.1 Å². The molecule has 1 aromatic carbocycles. The number of nitrogens with two attached hydrogens (primary N) is 1. The number of non-ortho nitro benzene ring substituents is 1. The third-order valence-corrected chi connectivity index (χ3v) is 7.74. The highest BCUT2D eigenvalue weighted by Crippen LogP contribution is 2.29. The Kier molecular flexibility index (Phi) is 10.7. The standard InChI is InChI=1S/C24H23N5O11S2/c25-16(22(31)32)10-40-24(35)20(26-18(30)9-15-2-1-7-41-15)21-27-19(23(33)34)13(11-42-21)4-3-12-5-6-14(28(36)37)8-17(12)29(38)39/h1-8,16,20-21,27H,9-11,25H2,(H,26,30)(H,31,32)(H,33,34). The van der Waals surface area contributed by atoms with Gasteiger partial charge in [0, 0.05) is 16.7 Å². The summed E-state index contributed by atoms with van der Waals surface area (Å²) in [5.74, 6) is -4.55. The van der Waals surface area contributed by atoms with Crippen molar-refractivity contribution in [3.63, 3.8) is 0 Å². The molecule has 0 bridgehead atoms. The third-order valence-electron chi connectivity index (χ3n) is 5.64. The number of hydrogen-bond acceptors (Lipinski definition) is 13. The number of esters is 1. The number of thiophene rings is 1. The van der Waals surface area contributed by atoms with Gasteiger partial charge in [0.05, 0.1) is 27.9 Å². The summed E-state index contributed by atoms with van der Waals surface area (Å²) < 4.78 is 5.01. The van der Waals surface area contributed by atoms with Gasteiger partial charge < -0.3 is 31.3 Å². The van der Waals surface area contributed by atoms with Gasteiger partial charge in [-0.1, -0.05) is 12.1 Å². The monoisotopic (exact) mass is 621 g/mol. The molecule has 18 heteroatoms. The molecule has 2 heterocycles. The Morgan fingerprint density at radius 2 is 1.90 bits per heavy atom. The zero-order valence-electron chi connectivity index (χ0n) is 21.3. The van der Waals surface area contributed by atoms with Crippen LogP contribution in [0.3, 0.4) is 0 Å². The van der Waals surface area contributed by atoms with E-state index in [9.17, 15) is 44.5 Å². The fourth-order valence-corrected chi connectivity index (χ4v) is 5.44. The highest BCUT2D eigenvalue weighted by atomic mass is 32.2. The van der Waals surface area contributed by atoms with Gasteiger partial charge in [-0.15, -0.1) is 23.1 Å². The van der Waals surface area contributed by atoms with Crippen LogP contribution in [0, 0.1) is 20.2 Å². The number of carbonyl (C=O) groups is 4. The summed E-state index contributed by atoms with van der Waals surface area (Å²) in [6.45, 7) is -0.702. The van der Waals surface area contributed by atoms with Crippen LogP contribution in [0.5, 0.6) is 0 Å². The Morgan fingerprint density at radius 3 is 2.50 bits per heavy atom. The number of nitro benzene ring substituents is 2. The van der Waals surface area contributed by atoms with E-state index in [4.69, 9.17) is 15.6 Å². The topological polar surface area (TPSA) is 254 Å². The molecular weight excluding hydrogens is 598 g/mol. The molecule has 2 aromatic rings. The average molecular weight is 622 g/mol. The lowest BCUT2D eigenvalue weighted by atomic mass is 10.1. The molecule has 3 rings (SSSR count). The molecule has 6 N–H and O–H groups in total. The minimum Gasteiger partial charge on any atom is -0.480 e. The summed E-state index contributed by atoms with van der Waals surface area (Å²) in [6.07, 6.45) is 2.42. The Bertz CT molecular complexity index is 1460. The molecule has 3 unspecified atom stereocenters. The van der Waals surface area contributed by atoms with E-state index < -0.39 is 69.1 Å². The van der Waals surface area contributed by atoms with E-state index in [2.05, 4.69) is 10.6 Å². The van der Waals surface area contributed by atoms with E-state index in [0.29, 0.717) is 4.88 Å². The van der Waals surface area contributed by atoms with Gasteiger partial charge in [0.2, 0.25) is 5.91 Å². The molecule has 0 radical (unpaired) electrons. The highest BCUT2D eigenvalue weighted by molar-refractivity contribution is 8.00. The molecule has 1 aliphatic heterocycles. The van der Waals surface area contributed by atoms with E-state index in [-0.39, 0.29) is 29.0 Å². The first kappa shape index (κ1) is 31.7. The van der Waals surface area contributed by atoms with E-state index in [1.54, 1.807) is 17.5 Å². The van der Waals surface area contributed by atoms with Crippen LogP contribution in [0.1, 0.15) is 10.4 Å². The molecule has 1 aromatic heterocycles. The maximum atomic E-state index is 12.9. The van der Waals surface area contributed by atoms with Crippen LogP contribution in [0.2, 0.25) is 0 Å². The molecule has 16 nitrogen and oxygen atoms in total. The molecule has 3 atom stereocenters. The van der Waals surface area contributed by atoms with Gasteiger partial charge in [0.1, 0.15) is 23.7 Å². The quantitative estimate of drug-likeness (QED) is 0.120. The normalized spacial score (nSPS) is 16.3. The number of thioether (sulfide) groups is 1. The smallest absolute Gasteiger partial charge is 0.352 e. The average Bonchev–Trinajstić information content (AvgIpc) is 3.45. The maximum absolute atomic E-state index is 12.9. The molecule has 42 heavy (non-hydrogen) atoms. The first-order valence-electron chi connectivity index (χ1n) is 11.8. The lowest BCUT2D eigenvalue weighted by Gasteiger charge is -2.32. The molecule has 1 aliphatic rings. The number of ether oxygens (including phenoxy) is 1. The molecular formula is C24H23N5O11S2. The van der Waals surface area contributed by atoms with Gasteiger partial charge in [-0.2, -0.15) is 0 Å². The van der Waals surface area contributed by atoms with Crippen molar-refractivity contribution >= 4 is 64.4 Å². The Labute approximate surface area is 244 Å². The fourth-order valence-electron chi connectivity index (χ4n) is 3.56. The van der Waals surface area contributed by atoms with Crippen molar-refractivity contribution in [2.75, 3.05) is 12.4 Å². The summed E-state index contributed by atoms with van der Waals surface area (Å²) in [6, 6.07) is 3.44. The second-order valence-corrected chi connectivity index (χ2v) is 10.7. The minimum atomic E-state index is -1.53. The second-order valence-electron chi connectivity index (χ2n) is 8.55. The van der Waals surface area contributed by atoms with Crippen LogP contribution in [-0.2, 0) is 30.3 Å². The van der Waals surface area contributed by atoms with Gasteiger partial charge in [0.25, 0.3) is 11.4 Å². The van der Waals surface area contributed by atoms with Gasteiger partial charge in [0.15, 0.2) is 6.04 Å². The van der Waals surface area contributed by atoms with Crippen LogP contribution in [0.15, 0.2) is 53.1 Å². The first-order chi connectivity index (χ1) is 19.9. The van der Waals surface area contributed by atoms with Crippen LogP contribution in [0.4, 0.5) is 11.4 Å². The van der Waals surface area contributed by atoms with Gasteiger partial charge >= 0.3 is 17.9 Å². The zero-order valence-corrected chi connectivity index (χ0v) is 23.0. The molecule has 0 spiro atoms. The fraction of sp³-hybridized carbons (Fsp3) is 0.250. The number of nitro groups is 2. The number of nitrogens with zero attached hydrogens (tertiary/aromatic N) is 2. The molecule has 1 amide bonds. The van der Waals surface area contributed by atoms with Gasteiger partial charge in [-0.25, -0.2) is 9.59 Å². The number of carboxylic acid groups (broad SMARTS) is 2. The number of nitrogens with one attached hydrogen (secondary N) is 2. The minimum absolute atomic E-state index is 0.0213. The third kappa shape index (κ3) is 8.35. The van der Waals surface area contributed by atoms with Crippen molar-refractivity contribution in [2.24, 2.45) is 5.73 Å².